The molecule has 1 aliphatic carbocycles. The first kappa shape index (κ1) is 26.3. The van der Waals surface area contributed by atoms with Crippen molar-refractivity contribution in [1.82, 2.24) is 20.0 Å². The van der Waals surface area contributed by atoms with Gasteiger partial charge in [-0.05, 0) is 73.9 Å². The van der Waals surface area contributed by atoms with Crippen LogP contribution in [0.3, 0.4) is 0 Å². The van der Waals surface area contributed by atoms with Crippen molar-refractivity contribution in [2.75, 3.05) is 53.1 Å². The Hall–Kier alpha value is -2.92. The van der Waals surface area contributed by atoms with E-state index < -0.39 is 5.92 Å². The molecule has 3 fully saturated rings. The zero-order chi connectivity index (χ0) is 27.0. The van der Waals surface area contributed by atoms with Crippen LogP contribution in [-0.4, -0.2) is 69.5 Å². The zero-order valence-electron chi connectivity index (χ0n) is 22.2. The SMILES string of the molecule is Cc1cc(N2CCC(F)(F)CC2)nc(-n2cc(-c3ccc(NSCCO)cc3N3CCC4(CC3)CC4)nn2)c1. The van der Waals surface area contributed by atoms with Crippen molar-refractivity contribution in [2.45, 2.75) is 51.4 Å². The number of piperidine rings is 2. The van der Waals surface area contributed by atoms with Crippen LogP contribution in [0.1, 0.15) is 44.1 Å². The van der Waals surface area contributed by atoms with E-state index >= 15 is 0 Å². The van der Waals surface area contributed by atoms with E-state index in [0.717, 1.165) is 41.3 Å². The number of benzene rings is 1. The second kappa shape index (κ2) is 10.6. The van der Waals surface area contributed by atoms with Gasteiger partial charge in [-0.25, -0.2) is 18.4 Å². The lowest BCUT2D eigenvalue weighted by Gasteiger charge is -2.35. The minimum absolute atomic E-state index is 0.124. The number of aliphatic hydroxyl groups is 1. The number of hydrogen-bond donors (Lipinski definition) is 2. The number of hydrogen-bond acceptors (Lipinski definition) is 8. The van der Waals surface area contributed by atoms with Crippen molar-refractivity contribution in [3.05, 3.63) is 42.1 Å². The number of aryl methyl sites for hydroxylation is 1. The highest BCUT2D eigenvalue weighted by molar-refractivity contribution is 8.00. The summed E-state index contributed by atoms with van der Waals surface area (Å²) in [4.78, 5) is 9.15. The summed E-state index contributed by atoms with van der Waals surface area (Å²) in [6.07, 6.45) is 6.72. The Kier molecular flexibility index (Phi) is 7.13. The van der Waals surface area contributed by atoms with Gasteiger partial charge in [0.15, 0.2) is 5.82 Å². The molecule has 208 valence electrons. The largest absolute Gasteiger partial charge is 0.395 e. The molecule has 39 heavy (non-hydrogen) atoms. The first-order valence-corrected chi connectivity index (χ1v) is 14.7. The predicted molar refractivity (Wildman–Crippen MR) is 152 cm³/mol. The summed E-state index contributed by atoms with van der Waals surface area (Å²) in [5.74, 6) is -0.674. The van der Waals surface area contributed by atoms with E-state index in [2.05, 4.69) is 32.1 Å². The summed E-state index contributed by atoms with van der Waals surface area (Å²) >= 11 is 1.48. The minimum atomic E-state index is -2.60. The van der Waals surface area contributed by atoms with Gasteiger partial charge >= 0.3 is 0 Å². The molecular weight excluding hydrogens is 520 g/mol. The topological polar surface area (TPSA) is 82.3 Å². The average molecular weight is 556 g/mol. The van der Waals surface area contributed by atoms with E-state index in [-0.39, 0.29) is 32.5 Å². The molecule has 4 heterocycles. The van der Waals surface area contributed by atoms with Crippen molar-refractivity contribution in [3.8, 4) is 17.1 Å². The number of halogens is 2. The molecule has 0 radical (unpaired) electrons. The summed E-state index contributed by atoms with van der Waals surface area (Å²) < 4.78 is 32.4. The van der Waals surface area contributed by atoms with Gasteiger partial charge in [0.05, 0.1) is 12.8 Å². The second-order valence-corrected chi connectivity index (χ2v) is 12.0. The highest BCUT2D eigenvalue weighted by Crippen LogP contribution is 2.54. The van der Waals surface area contributed by atoms with Crippen LogP contribution < -0.4 is 14.5 Å². The number of nitrogens with zero attached hydrogens (tertiary/aromatic N) is 6. The molecule has 2 saturated heterocycles. The van der Waals surface area contributed by atoms with Gasteiger partial charge < -0.3 is 19.6 Å². The quantitative estimate of drug-likeness (QED) is 0.286. The molecule has 0 bridgehead atoms. The van der Waals surface area contributed by atoms with Crippen LogP contribution in [0.15, 0.2) is 36.5 Å². The molecular formula is C28H35F2N7OS. The van der Waals surface area contributed by atoms with Crippen molar-refractivity contribution < 1.29 is 13.9 Å². The third-order valence-electron chi connectivity index (χ3n) is 8.27. The standard InChI is InChI=1S/C28H35F2N7OS/c1-20-16-25(36-12-8-28(29,30)9-13-36)31-26(17-20)37-19-23(32-34-37)22-3-2-21(33-39-15-14-38)18-24(22)35-10-6-27(4-5-27)7-11-35/h2-3,16-19,33,38H,4-15H2,1H3. The smallest absolute Gasteiger partial charge is 0.251 e. The lowest BCUT2D eigenvalue weighted by molar-refractivity contribution is -0.0221. The van der Waals surface area contributed by atoms with Crippen molar-refractivity contribution in [3.63, 3.8) is 0 Å². The molecule has 2 aliphatic heterocycles. The predicted octanol–water partition coefficient (Wildman–Crippen LogP) is 5.31. The molecule has 2 aromatic heterocycles. The molecule has 6 rings (SSSR count). The third kappa shape index (κ3) is 5.84. The Labute approximate surface area is 231 Å². The van der Waals surface area contributed by atoms with Crippen LogP contribution >= 0.6 is 11.9 Å². The molecule has 3 aliphatic rings. The van der Waals surface area contributed by atoms with E-state index in [0.29, 0.717) is 22.8 Å². The summed E-state index contributed by atoms with van der Waals surface area (Å²) in [5, 5.41) is 18.1. The van der Waals surface area contributed by atoms with Crippen molar-refractivity contribution >= 4 is 29.1 Å². The van der Waals surface area contributed by atoms with E-state index in [1.807, 2.05) is 36.2 Å². The maximum absolute atomic E-state index is 13.7. The molecule has 0 unspecified atom stereocenters. The van der Waals surface area contributed by atoms with Gasteiger partial charge in [0.25, 0.3) is 5.92 Å². The van der Waals surface area contributed by atoms with Gasteiger partial charge in [-0.15, -0.1) is 5.10 Å². The Bertz CT molecular complexity index is 1310. The first-order valence-electron chi connectivity index (χ1n) is 13.8. The Balaban J connectivity index is 1.27. The maximum Gasteiger partial charge on any atom is 0.251 e. The normalized spacial score (nSPS) is 19.9. The third-order valence-corrected chi connectivity index (χ3v) is 9.04. The van der Waals surface area contributed by atoms with Gasteiger partial charge in [-0.1, -0.05) is 17.2 Å². The fourth-order valence-corrected chi connectivity index (χ4v) is 6.11. The molecule has 2 N–H and O–H groups in total. The number of alkyl halides is 2. The van der Waals surface area contributed by atoms with E-state index in [1.165, 1.54) is 37.6 Å². The molecule has 0 amide bonds. The lowest BCUT2D eigenvalue weighted by Crippen LogP contribution is -2.39. The maximum atomic E-state index is 13.7. The van der Waals surface area contributed by atoms with E-state index in [9.17, 15) is 8.78 Å². The number of aromatic nitrogens is 4. The Morgan fingerprint density at radius 1 is 0.949 bits per heavy atom. The molecule has 0 atom stereocenters. The molecule has 1 saturated carbocycles. The Morgan fingerprint density at radius 3 is 2.38 bits per heavy atom. The lowest BCUT2D eigenvalue weighted by atomic mass is 9.93. The van der Waals surface area contributed by atoms with Gasteiger partial charge in [0, 0.05) is 61.7 Å². The summed E-state index contributed by atoms with van der Waals surface area (Å²) in [5.41, 5.74) is 5.45. The summed E-state index contributed by atoms with van der Waals surface area (Å²) in [7, 11) is 0. The van der Waals surface area contributed by atoms with Crippen LogP contribution in [0.5, 0.6) is 0 Å². The highest BCUT2D eigenvalue weighted by Gasteiger charge is 2.44. The zero-order valence-corrected chi connectivity index (χ0v) is 23.1. The first-order chi connectivity index (χ1) is 18.8. The molecule has 11 heteroatoms. The monoisotopic (exact) mass is 555 g/mol. The second-order valence-electron chi connectivity index (χ2n) is 11.1. The van der Waals surface area contributed by atoms with Gasteiger partial charge in [-0.3, -0.25) is 0 Å². The average Bonchev–Trinajstić information content (AvgIpc) is 3.49. The van der Waals surface area contributed by atoms with Gasteiger partial charge in [0.2, 0.25) is 0 Å². The number of aliphatic hydroxyl groups excluding tert-OH is 1. The summed E-state index contributed by atoms with van der Waals surface area (Å²) in [6.45, 7) is 4.70. The number of rotatable bonds is 8. The summed E-state index contributed by atoms with van der Waals surface area (Å²) in [6, 6.07) is 10.2. The fourth-order valence-electron chi connectivity index (χ4n) is 5.62. The number of nitrogens with one attached hydrogen (secondary N) is 1. The van der Waals surface area contributed by atoms with E-state index in [4.69, 9.17) is 10.1 Å². The number of pyridine rings is 1. The highest BCUT2D eigenvalue weighted by atomic mass is 32.2. The van der Waals surface area contributed by atoms with Gasteiger partial charge in [0.1, 0.15) is 11.5 Å². The van der Waals surface area contributed by atoms with Crippen LogP contribution in [0.4, 0.5) is 26.0 Å². The number of anilines is 3. The molecule has 3 aromatic rings. The van der Waals surface area contributed by atoms with Crippen LogP contribution in [0.25, 0.3) is 17.1 Å². The van der Waals surface area contributed by atoms with Crippen LogP contribution in [-0.2, 0) is 0 Å². The molecule has 8 nitrogen and oxygen atoms in total. The molecule has 1 aromatic carbocycles. The van der Waals surface area contributed by atoms with E-state index in [1.54, 1.807) is 4.68 Å². The van der Waals surface area contributed by atoms with Crippen LogP contribution in [0, 0.1) is 12.3 Å². The molecule has 1 spiro atoms. The van der Waals surface area contributed by atoms with Gasteiger partial charge in [-0.2, -0.15) is 0 Å². The van der Waals surface area contributed by atoms with Crippen molar-refractivity contribution in [1.29, 1.82) is 0 Å². The van der Waals surface area contributed by atoms with Crippen molar-refractivity contribution in [2.24, 2.45) is 5.41 Å². The van der Waals surface area contributed by atoms with Crippen LogP contribution in [0.2, 0.25) is 0 Å². The fraction of sp³-hybridized carbons (Fsp3) is 0.536. The minimum Gasteiger partial charge on any atom is -0.395 e. The Morgan fingerprint density at radius 2 is 1.67 bits per heavy atom.